The molecule has 78 valence electrons. The molecule has 0 saturated carbocycles. The Bertz CT molecular complexity index is 469. The van der Waals surface area contributed by atoms with Gasteiger partial charge < -0.3 is 9.30 Å². The first-order valence-electron chi connectivity index (χ1n) is 5.40. The largest absolute Gasteiger partial charge is 0.380 e. The van der Waals surface area contributed by atoms with Gasteiger partial charge in [-0.1, -0.05) is 18.2 Å². The lowest BCUT2D eigenvalue weighted by molar-refractivity contribution is 0.00552. The standard InChI is InChI=1S/C13H15NO/c1-9-11-5-3-4-6-12(11)14(2)13(9)10-7-15-8-10/h3-6,10H,7-8H2,1-2H3. The molecule has 1 aliphatic rings. The number of aromatic nitrogens is 1. The van der Waals surface area contributed by atoms with E-state index >= 15 is 0 Å². The van der Waals surface area contributed by atoms with Gasteiger partial charge in [0.25, 0.3) is 0 Å². The molecule has 3 rings (SSSR count). The maximum Gasteiger partial charge on any atom is 0.0571 e. The van der Waals surface area contributed by atoms with E-state index in [9.17, 15) is 0 Å². The quantitative estimate of drug-likeness (QED) is 0.691. The summed E-state index contributed by atoms with van der Waals surface area (Å²) < 4.78 is 7.60. The molecule has 15 heavy (non-hydrogen) atoms. The summed E-state index contributed by atoms with van der Waals surface area (Å²) in [4.78, 5) is 0. The molecule has 2 heterocycles. The minimum absolute atomic E-state index is 0.599. The number of ether oxygens (including phenoxy) is 1. The Morgan fingerprint density at radius 2 is 2.00 bits per heavy atom. The zero-order valence-electron chi connectivity index (χ0n) is 9.16. The molecular formula is C13H15NO. The number of hydrogen-bond donors (Lipinski definition) is 0. The minimum atomic E-state index is 0.599. The van der Waals surface area contributed by atoms with Gasteiger partial charge in [-0.2, -0.15) is 0 Å². The molecule has 0 unspecified atom stereocenters. The van der Waals surface area contributed by atoms with Crippen LogP contribution < -0.4 is 0 Å². The first kappa shape index (κ1) is 8.98. The summed E-state index contributed by atoms with van der Waals surface area (Å²) >= 11 is 0. The third-order valence-corrected chi connectivity index (χ3v) is 3.44. The molecule has 1 aromatic carbocycles. The molecular weight excluding hydrogens is 186 g/mol. The van der Waals surface area contributed by atoms with Crippen molar-refractivity contribution in [1.82, 2.24) is 4.57 Å². The van der Waals surface area contributed by atoms with Gasteiger partial charge in [0.2, 0.25) is 0 Å². The van der Waals surface area contributed by atoms with Gasteiger partial charge in [-0.15, -0.1) is 0 Å². The molecule has 1 aliphatic heterocycles. The minimum Gasteiger partial charge on any atom is -0.380 e. The van der Waals surface area contributed by atoms with E-state index in [0.29, 0.717) is 5.92 Å². The van der Waals surface area contributed by atoms with Gasteiger partial charge in [0.15, 0.2) is 0 Å². The van der Waals surface area contributed by atoms with E-state index in [1.807, 2.05) is 0 Å². The van der Waals surface area contributed by atoms with Crippen LogP contribution in [0.25, 0.3) is 10.9 Å². The van der Waals surface area contributed by atoms with Crippen molar-refractivity contribution in [3.05, 3.63) is 35.5 Å². The Balaban J connectivity index is 2.28. The van der Waals surface area contributed by atoms with Gasteiger partial charge in [-0.25, -0.2) is 0 Å². The monoisotopic (exact) mass is 201 g/mol. The van der Waals surface area contributed by atoms with Crippen molar-refractivity contribution in [2.75, 3.05) is 13.2 Å². The second-order valence-electron chi connectivity index (χ2n) is 4.32. The topological polar surface area (TPSA) is 14.2 Å². The fourth-order valence-electron chi connectivity index (χ4n) is 2.58. The second kappa shape index (κ2) is 3.11. The molecule has 0 amide bonds. The fraction of sp³-hybridized carbons (Fsp3) is 0.385. The van der Waals surface area contributed by atoms with Crippen molar-refractivity contribution in [2.45, 2.75) is 12.8 Å². The Labute approximate surface area is 89.5 Å². The highest BCUT2D eigenvalue weighted by Crippen LogP contribution is 2.33. The highest BCUT2D eigenvalue weighted by molar-refractivity contribution is 5.85. The van der Waals surface area contributed by atoms with Gasteiger partial charge >= 0.3 is 0 Å². The number of hydrogen-bond acceptors (Lipinski definition) is 1. The second-order valence-corrected chi connectivity index (χ2v) is 4.32. The summed E-state index contributed by atoms with van der Waals surface area (Å²) in [6.07, 6.45) is 0. The molecule has 2 nitrogen and oxygen atoms in total. The van der Waals surface area contributed by atoms with Crippen LogP contribution in [0.2, 0.25) is 0 Å². The Morgan fingerprint density at radius 3 is 2.60 bits per heavy atom. The van der Waals surface area contributed by atoms with Crippen LogP contribution in [0.4, 0.5) is 0 Å². The third kappa shape index (κ3) is 1.15. The van der Waals surface area contributed by atoms with E-state index in [2.05, 4.69) is 42.8 Å². The summed E-state index contributed by atoms with van der Waals surface area (Å²) in [7, 11) is 2.16. The van der Waals surface area contributed by atoms with Gasteiger partial charge in [0.1, 0.15) is 0 Å². The van der Waals surface area contributed by atoms with E-state index < -0.39 is 0 Å². The smallest absolute Gasteiger partial charge is 0.0571 e. The summed E-state index contributed by atoms with van der Waals surface area (Å²) in [6.45, 7) is 3.98. The van der Waals surface area contributed by atoms with Crippen LogP contribution in [-0.2, 0) is 11.8 Å². The normalized spacial score (nSPS) is 16.9. The summed E-state index contributed by atoms with van der Waals surface area (Å²) in [6, 6.07) is 8.60. The molecule has 0 N–H and O–H groups in total. The first-order chi connectivity index (χ1) is 7.29. The molecule has 1 aromatic heterocycles. The molecule has 0 bridgehead atoms. The molecule has 0 atom stereocenters. The van der Waals surface area contributed by atoms with E-state index in [4.69, 9.17) is 4.74 Å². The molecule has 1 fully saturated rings. The maximum absolute atomic E-state index is 5.28. The molecule has 0 aliphatic carbocycles. The fourth-order valence-corrected chi connectivity index (χ4v) is 2.58. The van der Waals surface area contributed by atoms with Crippen molar-refractivity contribution >= 4 is 10.9 Å². The van der Waals surface area contributed by atoms with Crippen LogP contribution in [0.1, 0.15) is 17.2 Å². The molecule has 2 aromatic rings. The van der Waals surface area contributed by atoms with Crippen molar-refractivity contribution in [2.24, 2.45) is 7.05 Å². The average molecular weight is 201 g/mol. The summed E-state index contributed by atoms with van der Waals surface area (Å²) in [5.41, 5.74) is 4.20. The van der Waals surface area contributed by atoms with Crippen molar-refractivity contribution in [3.63, 3.8) is 0 Å². The van der Waals surface area contributed by atoms with Crippen LogP contribution in [0.15, 0.2) is 24.3 Å². The number of aryl methyl sites for hydroxylation is 2. The SMILES string of the molecule is Cc1c(C2COC2)n(C)c2ccccc12. The van der Waals surface area contributed by atoms with E-state index in [0.717, 1.165) is 13.2 Å². The van der Waals surface area contributed by atoms with Crippen molar-refractivity contribution in [1.29, 1.82) is 0 Å². The lowest BCUT2D eigenvalue weighted by Gasteiger charge is -2.27. The Hall–Kier alpha value is -1.28. The van der Waals surface area contributed by atoms with Crippen molar-refractivity contribution < 1.29 is 4.74 Å². The summed E-state index contributed by atoms with van der Waals surface area (Å²) in [5.74, 6) is 0.599. The van der Waals surface area contributed by atoms with Gasteiger partial charge in [-0.05, 0) is 18.6 Å². The predicted octanol–water partition coefficient (Wildman–Crippen LogP) is 2.60. The zero-order valence-corrected chi connectivity index (χ0v) is 9.16. The lowest BCUT2D eigenvalue weighted by Crippen LogP contribution is -2.27. The lowest BCUT2D eigenvalue weighted by atomic mass is 9.99. The number of nitrogens with zero attached hydrogens (tertiary/aromatic N) is 1. The highest BCUT2D eigenvalue weighted by atomic mass is 16.5. The Morgan fingerprint density at radius 1 is 1.27 bits per heavy atom. The van der Waals surface area contributed by atoms with E-state index in [-0.39, 0.29) is 0 Å². The Kier molecular flexibility index (Phi) is 1.86. The van der Waals surface area contributed by atoms with Crippen LogP contribution in [-0.4, -0.2) is 17.8 Å². The average Bonchev–Trinajstić information content (AvgIpc) is 2.42. The highest BCUT2D eigenvalue weighted by Gasteiger charge is 2.26. The van der Waals surface area contributed by atoms with Crippen LogP contribution >= 0.6 is 0 Å². The van der Waals surface area contributed by atoms with E-state index in [1.54, 1.807) is 0 Å². The van der Waals surface area contributed by atoms with Crippen LogP contribution in [0.5, 0.6) is 0 Å². The van der Waals surface area contributed by atoms with Gasteiger partial charge in [0.05, 0.1) is 13.2 Å². The molecule has 2 heteroatoms. The maximum atomic E-state index is 5.28. The van der Waals surface area contributed by atoms with Gasteiger partial charge in [0, 0.05) is 29.6 Å². The number of rotatable bonds is 1. The van der Waals surface area contributed by atoms with Crippen molar-refractivity contribution in [3.8, 4) is 0 Å². The summed E-state index contributed by atoms with van der Waals surface area (Å²) in [5, 5.41) is 1.38. The third-order valence-electron chi connectivity index (χ3n) is 3.44. The van der Waals surface area contributed by atoms with Crippen LogP contribution in [0.3, 0.4) is 0 Å². The first-order valence-corrected chi connectivity index (χ1v) is 5.40. The zero-order chi connectivity index (χ0) is 10.4. The van der Waals surface area contributed by atoms with E-state index in [1.165, 1.54) is 22.2 Å². The molecule has 0 spiro atoms. The predicted molar refractivity (Wildman–Crippen MR) is 61.2 cm³/mol. The number of fused-ring (bicyclic) bond motifs is 1. The molecule has 1 saturated heterocycles. The number of benzene rings is 1. The molecule has 0 radical (unpaired) electrons. The van der Waals surface area contributed by atoms with Gasteiger partial charge in [-0.3, -0.25) is 0 Å². The number of para-hydroxylation sites is 1. The van der Waals surface area contributed by atoms with Crippen LogP contribution in [0, 0.1) is 6.92 Å².